The summed E-state index contributed by atoms with van der Waals surface area (Å²) in [6.45, 7) is 8.36. The van der Waals surface area contributed by atoms with Gasteiger partial charge in [0.1, 0.15) is 5.75 Å². The molecule has 1 aromatic rings. The third-order valence-electron chi connectivity index (χ3n) is 4.29. The van der Waals surface area contributed by atoms with Gasteiger partial charge in [-0.3, -0.25) is 9.69 Å². The van der Waals surface area contributed by atoms with Crippen LogP contribution in [0.25, 0.3) is 0 Å². The van der Waals surface area contributed by atoms with Gasteiger partial charge in [0, 0.05) is 19.6 Å². The Bertz CT molecular complexity index is 754. The van der Waals surface area contributed by atoms with Crippen molar-refractivity contribution in [1.29, 1.82) is 0 Å². The molecule has 8 nitrogen and oxygen atoms in total. The lowest BCUT2D eigenvalue weighted by molar-refractivity contribution is -0.122. The maximum absolute atomic E-state index is 12.5. The van der Waals surface area contributed by atoms with Crippen molar-refractivity contribution < 1.29 is 22.7 Å². The summed E-state index contributed by atoms with van der Waals surface area (Å²) in [5, 5.41) is 2.96. The van der Waals surface area contributed by atoms with Gasteiger partial charge >= 0.3 is 0 Å². The van der Waals surface area contributed by atoms with Crippen molar-refractivity contribution in [3.8, 4) is 5.75 Å². The molecule has 0 saturated carbocycles. The van der Waals surface area contributed by atoms with Gasteiger partial charge in [-0.1, -0.05) is 11.6 Å². The molecule has 1 amide bonds. The van der Waals surface area contributed by atoms with Crippen LogP contribution in [0.15, 0.2) is 23.1 Å². The first-order chi connectivity index (χ1) is 13.3. The smallest absolute Gasteiger partial charge is 0.241 e. The van der Waals surface area contributed by atoms with Crippen LogP contribution >= 0.6 is 11.6 Å². The van der Waals surface area contributed by atoms with E-state index in [2.05, 4.69) is 14.9 Å². The minimum Gasteiger partial charge on any atom is -0.492 e. The molecule has 10 heteroatoms. The first kappa shape index (κ1) is 22.9. The summed E-state index contributed by atoms with van der Waals surface area (Å²) in [6.07, 6.45) is 0.791. The van der Waals surface area contributed by atoms with Crippen LogP contribution in [0, 0.1) is 0 Å². The molecule has 1 aromatic carbocycles. The Hall–Kier alpha value is -1.39. The summed E-state index contributed by atoms with van der Waals surface area (Å²) in [7, 11) is -3.88. The zero-order valence-electron chi connectivity index (χ0n) is 16.2. The number of nitrogens with zero attached hydrogens (tertiary/aromatic N) is 1. The fourth-order valence-electron chi connectivity index (χ4n) is 2.77. The Morgan fingerprint density at radius 1 is 1.36 bits per heavy atom. The number of sulfonamides is 1. The highest BCUT2D eigenvalue weighted by Gasteiger charge is 2.23. The molecule has 1 saturated heterocycles. The monoisotopic (exact) mass is 433 g/mol. The molecule has 28 heavy (non-hydrogen) atoms. The number of hydrogen-bond acceptors (Lipinski definition) is 6. The third-order valence-corrected chi connectivity index (χ3v) is 6.13. The Balaban J connectivity index is 1.81. The molecule has 1 atom stereocenters. The van der Waals surface area contributed by atoms with Crippen LogP contribution < -0.4 is 14.8 Å². The average molecular weight is 434 g/mol. The molecule has 0 unspecified atom stereocenters. The van der Waals surface area contributed by atoms with E-state index in [-0.39, 0.29) is 15.8 Å². The molecule has 1 fully saturated rings. The zero-order chi connectivity index (χ0) is 20.6. The lowest BCUT2D eigenvalue weighted by atomic mass is 10.3. The largest absolute Gasteiger partial charge is 0.492 e. The summed E-state index contributed by atoms with van der Waals surface area (Å²) in [5.41, 5.74) is 0. The predicted octanol–water partition coefficient (Wildman–Crippen LogP) is 1.24. The Labute approximate surface area is 171 Å². The highest BCUT2D eigenvalue weighted by molar-refractivity contribution is 7.89. The second kappa shape index (κ2) is 11.0. The van der Waals surface area contributed by atoms with Crippen molar-refractivity contribution in [2.24, 2.45) is 0 Å². The van der Waals surface area contributed by atoms with E-state index in [1.54, 1.807) is 0 Å². The highest BCUT2D eigenvalue weighted by Crippen LogP contribution is 2.27. The van der Waals surface area contributed by atoms with Gasteiger partial charge in [0.25, 0.3) is 0 Å². The quantitative estimate of drug-likeness (QED) is 0.539. The van der Waals surface area contributed by atoms with Crippen LogP contribution in [0.4, 0.5) is 0 Å². The Kier molecular flexibility index (Phi) is 8.97. The standard InChI is InChI=1S/C18H28ClN3O5S/c1-3-27-17-6-5-15(13-16(17)19)28(24,25)21-14(2)18(23)20-7-4-8-22-9-11-26-12-10-22/h5-6,13-14,21H,3-4,7-12H2,1-2H3,(H,20,23)/t14-/m0/s1. The number of carbonyl (C=O) groups excluding carboxylic acids is 1. The number of nitrogens with one attached hydrogen (secondary N) is 2. The number of halogens is 1. The molecular weight excluding hydrogens is 406 g/mol. The van der Waals surface area contributed by atoms with Crippen LogP contribution in [0.3, 0.4) is 0 Å². The number of amides is 1. The Morgan fingerprint density at radius 2 is 2.07 bits per heavy atom. The SMILES string of the molecule is CCOc1ccc(S(=O)(=O)N[C@@H](C)C(=O)NCCCN2CCOCC2)cc1Cl. The molecule has 0 bridgehead atoms. The van der Waals surface area contributed by atoms with E-state index >= 15 is 0 Å². The van der Waals surface area contributed by atoms with Crippen LogP contribution in [-0.2, 0) is 19.6 Å². The first-order valence-corrected chi connectivity index (χ1v) is 11.2. The van der Waals surface area contributed by atoms with Crippen molar-refractivity contribution in [3.63, 3.8) is 0 Å². The fourth-order valence-corrected chi connectivity index (χ4v) is 4.30. The lowest BCUT2D eigenvalue weighted by Crippen LogP contribution is -2.45. The molecule has 0 radical (unpaired) electrons. The molecule has 158 valence electrons. The first-order valence-electron chi connectivity index (χ1n) is 9.36. The molecule has 0 spiro atoms. The van der Waals surface area contributed by atoms with E-state index in [1.807, 2.05) is 6.92 Å². The number of benzene rings is 1. The summed E-state index contributed by atoms with van der Waals surface area (Å²) in [6, 6.07) is 3.30. The zero-order valence-corrected chi connectivity index (χ0v) is 17.8. The van der Waals surface area contributed by atoms with Crippen molar-refractivity contribution in [2.45, 2.75) is 31.2 Å². The lowest BCUT2D eigenvalue weighted by Gasteiger charge is -2.26. The Morgan fingerprint density at radius 3 is 2.71 bits per heavy atom. The molecule has 1 aliphatic rings. The predicted molar refractivity (Wildman–Crippen MR) is 107 cm³/mol. The molecule has 2 N–H and O–H groups in total. The van der Waals surface area contributed by atoms with Gasteiger partial charge in [0.05, 0.1) is 35.8 Å². The second-order valence-corrected chi connectivity index (χ2v) is 8.59. The van der Waals surface area contributed by atoms with Gasteiger partial charge in [-0.2, -0.15) is 4.72 Å². The van der Waals surface area contributed by atoms with Crippen LogP contribution in [-0.4, -0.2) is 71.3 Å². The van der Waals surface area contributed by atoms with Crippen molar-refractivity contribution in [1.82, 2.24) is 14.9 Å². The van der Waals surface area contributed by atoms with Crippen molar-refractivity contribution in [3.05, 3.63) is 23.2 Å². The number of hydrogen-bond donors (Lipinski definition) is 2. The summed E-state index contributed by atoms with van der Waals surface area (Å²) < 4.78 is 38.0. The molecule has 1 heterocycles. The van der Waals surface area contributed by atoms with Gasteiger partial charge < -0.3 is 14.8 Å². The summed E-state index contributed by atoms with van der Waals surface area (Å²) in [4.78, 5) is 14.4. The number of rotatable bonds is 10. The molecule has 1 aliphatic heterocycles. The summed E-state index contributed by atoms with van der Waals surface area (Å²) >= 11 is 6.05. The molecular formula is C18H28ClN3O5S. The average Bonchev–Trinajstić information content (AvgIpc) is 2.67. The van der Waals surface area contributed by atoms with Crippen LogP contribution in [0.5, 0.6) is 5.75 Å². The third kappa shape index (κ3) is 6.89. The van der Waals surface area contributed by atoms with Gasteiger partial charge in [-0.15, -0.1) is 0 Å². The topological polar surface area (TPSA) is 97.0 Å². The molecule has 0 aliphatic carbocycles. The van der Waals surface area contributed by atoms with Crippen LogP contribution in [0.2, 0.25) is 5.02 Å². The van der Waals surface area contributed by atoms with E-state index < -0.39 is 16.1 Å². The van der Waals surface area contributed by atoms with Crippen molar-refractivity contribution >= 4 is 27.5 Å². The highest BCUT2D eigenvalue weighted by atomic mass is 35.5. The van der Waals surface area contributed by atoms with Gasteiger partial charge in [0.2, 0.25) is 15.9 Å². The van der Waals surface area contributed by atoms with E-state index in [9.17, 15) is 13.2 Å². The summed E-state index contributed by atoms with van der Waals surface area (Å²) in [5.74, 6) is 0.0387. The van der Waals surface area contributed by atoms with E-state index in [0.29, 0.717) is 18.9 Å². The maximum Gasteiger partial charge on any atom is 0.241 e. The minimum atomic E-state index is -3.88. The van der Waals surface area contributed by atoms with E-state index in [0.717, 1.165) is 39.3 Å². The van der Waals surface area contributed by atoms with Crippen molar-refractivity contribution in [2.75, 3.05) is 46.0 Å². The second-order valence-electron chi connectivity index (χ2n) is 6.47. The maximum atomic E-state index is 12.5. The van der Waals surface area contributed by atoms with E-state index in [1.165, 1.54) is 25.1 Å². The number of ether oxygens (including phenoxy) is 2. The van der Waals surface area contributed by atoms with Gasteiger partial charge in [0.15, 0.2) is 0 Å². The van der Waals surface area contributed by atoms with E-state index in [4.69, 9.17) is 21.1 Å². The fraction of sp³-hybridized carbons (Fsp3) is 0.611. The number of morpholine rings is 1. The number of carbonyl (C=O) groups is 1. The minimum absolute atomic E-state index is 0.0204. The van der Waals surface area contributed by atoms with Gasteiger partial charge in [-0.25, -0.2) is 8.42 Å². The molecule has 2 rings (SSSR count). The normalized spacial score (nSPS) is 16.5. The van der Waals surface area contributed by atoms with Crippen LogP contribution in [0.1, 0.15) is 20.3 Å². The van der Waals surface area contributed by atoms with Gasteiger partial charge in [-0.05, 0) is 45.0 Å². The molecule has 0 aromatic heterocycles.